The van der Waals surface area contributed by atoms with Gasteiger partial charge in [-0.1, -0.05) is 25.7 Å². The average Bonchev–Trinajstić information content (AvgIpc) is 2.88. The molecule has 1 aromatic heterocycles. The molecule has 1 fully saturated rings. The molecular formula is C20H23FN3OP. The van der Waals surface area contributed by atoms with Crippen LogP contribution in [0.15, 0.2) is 42.5 Å². The largest absolute Gasteiger partial charge is 0.399 e. The lowest BCUT2D eigenvalue weighted by molar-refractivity contribution is 0.580. The number of halogens is 1. The second kappa shape index (κ2) is 8.91. The first kappa shape index (κ1) is 18.5. The lowest BCUT2D eigenvalue weighted by Crippen LogP contribution is -1.93. The van der Waals surface area contributed by atoms with E-state index in [2.05, 4.69) is 9.97 Å². The number of nitrogens with zero attached hydrogens (tertiary/aromatic N) is 1. The predicted octanol–water partition coefficient (Wildman–Crippen LogP) is 5.95. The number of benzene rings is 2. The molecule has 0 spiro atoms. The molecule has 0 aliphatic heterocycles. The Morgan fingerprint density at radius 3 is 2.38 bits per heavy atom. The topological polar surface area (TPSA) is 71.8 Å². The van der Waals surface area contributed by atoms with Gasteiger partial charge in [-0.25, -0.2) is 9.37 Å². The summed E-state index contributed by atoms with van der Waals surface area (Å²) in [5.41, 5.74) is 9.18. The van der Waals surface area contributed by atoms with Crippen LogP contribution in [0.5, 0.6) is 0 Å². The molecule has 0 radical (unpaired) electrons. The van der Waals surface area contributed by atoms with Gasteiger partial charge in [-0.15, -0.1) is 0 Å². The van der Waals surface area contributed by atoms with Crippen molar-refractivity contribution in [1.29, 1.82) is 0 Å². The molecule has 1 aliphatic rings. The summed E-state index contributed by atoms with van der Waals surface area (Å²) in [4.78, 5) is 7.47. The minimum absolute atomic E-state index is 0.273. The Kier molecular flexibility index (Phi) is 6.35. The van der Waals surface area contributed by atoms with Crippen LogP contribution in [-0.2, 0) is 4.57 Å². The second-order valence-electron chi connectivity index (χ2n) is 6.62. The van der Waals surface area contributed by atoms with E-state index in [-0.39, 0.29) is 5.82 Å². The van der Waals surface area contributed by atoms with Gasteiger partial charge >= 0.3 is 0 Å². The number of nitrogens with one attached hydrogen (secondary N) is 1. The molecule has 0 unspecified atom stereocenters. The molecule has 1 heterocycles. The number of hydrogen-bond donors (Lipinski definition) is 2. The first-order chi connectivity index (χ1) is 12.7. The molecule has 0 amide bonds. The highest BCUT2D eigenvalue weighted by Crippen LogP contribution is 2.25. The van der Waals surface area contributed by atoms with E-state index in [1.807, 2.05) is 24.3 Å². The molecule has 6 heteroatoms. The summed E-state index contributed by atoms with van der Waals surface area (Å²) >= 11 is 0. The maximum atomic E-state index is 13.0. The van der Waals surface area contributed by atoms with Crippen molar-refractivity contribution >= 4 is 25.2 Å². The number of anilines is 1. The van der Waals surface area contributed by atoms with Crippen LogP contribution in [0.1, 0.15) is 38.5 Å². The highest BCUT2D eigenvalue weighted by Gasteiger charge is 2.10. The van der Waals surface area contributed by atoms with E-state index in [0.29, 0.717) is 31.1 Å². The Morgan fingerprint density at radius 2 is 1.73 bits per heavy atom. The average molecular weight is 371 g/mol. The Balaban J connectivity index is 0.000000185. The third-order valence-electron chi connectivity index (χ3n) is 4.60. The van der Waals surface area contributed by atoms with Gasteiger partial charge in [-0.2, -0.15) is 0 Å². The number of hydrogen-bond acceptors (Lipinski definition) is 3. The van der Waals surface area contributed by atoms with Gasteiger partial charge in [0.15, 0.2) is 8.46 Å². The van der Waals surface area contributed by atoms with Crippen molar-refractivity contribution in [3.8, 4) is 11.4 Å². The summed E-state index contributed by atoms with van der Waals surface area (Å²) in [6.45, 7) is 0. The van der Waals surface area contributed by atoms with E-state index in [9.17, 15) is 8.96 Å². The zero-order valence-corrected chi connectivity index (χ0v) is 15.5. The summed E-state index contributed by atoms with van der Waals surface area (Å²) < 4.78 is 23.4. The number of imidazole rings is 1. The fraction of sp³-hybridized carbons (Fsp3) is 0.350. The number of aromatic amines is 1. The monoisotopic (exact) mass is 371 g/mol. The van der Waals surface area contributed by atoms with Crippen molar-refractivity contribution < 1.29 is 8.96 Å². The molecule has 4 nitrogen and oxygen atoms in total. The highest BCUT2D eigenvalue weighted by atomic mass is 31.1. The third kappa shape index (κ3) is 4.89. The van der Waals surface area contributed by atoms with Crippen molar-refractivity contribution in [2.45, 2.75) is 44.2 Å². The second-order valence-corrected chi connectivity index (χ2v) is 7.56. The van der Waals surface area contributed by atoms with Crippen molar-refractivity contribution in [1.82, 2.24) is 9.97 Å². The first-order valence-corrected chi connectivity index (χ1v) is 9.87. The van der Waals surface area contributed by atoms with Crippen LogP contribution in [-0.4, -0.2) is 15.6 Å². The van der Waals surface area contributed by atoms with E-state index in [4.69, 9.17) is 5.73 Å². The molecule has 4 rings (SSSR count). The van der Waals surface area contributed by atoms with Crippen LogP contribution in [0.2, 0.25) is 0 Å². The minimum atomic E-state index is -0.273. The molecule has 3 aromatic rings. The number of nitrogens with two attached hydrogens (primary N) is 1. The van der Waals surface area contributed by atoms with Gasteiger partial charge in [0.1, 0.15) is 11.6 Å². The lowest BCUT2D eigenvalue weighted by atomic mass is 10.2. The van der Waals surface area contributed by atoms with Crippen LogP contribution in [0.3, 0.4) is 0 Å². The highest BCUT2D eigenvalue weighted by molar-refractivity contribution is 7.24. The zero-order chi connectivity index (χ0) is 18.4. The lowest BCUT2D eigenvalue weighted by Gasteiger charge is -2.00. The van der Waals surface area contributed by atoms with Crippen LogP contribution in [0, 0.1) is 5.82 Å². The van der Waals surface area contributed by atoms with Crippen LogP contribution in [0.4, 0.5) is 10.1 Å². The molecule has 3 N–H and O–H groups in total. The van der Waals surface area contributed by atoms with E-state index < -0.39 is 0 Å². The Hall–Kier alpha value is -2.26. The number of fused-ring (bicyclic) bond motifs is 1. The molecule has 0 saturated heterocycles. The zero-order valence-electron chi connectivity index (χ0n) is 14.6. The third-order valence-corrected chi connectivity index (χ3v) is 5.42. The number of nitrogen functional groups attached to an aromatic ring is 1. The molecule has 2 aromatic carbocycles. The number of rotatable bonds is 2. The standard InChI is InChI=1S/C13H10FN3.C7H13OP/c14-9-3-6-11-12(7-9)17-13(16-11)8-1-4-10(15)5-2-8;8-9-7-5-3-1-2-4-6-7/h1-7H,15H2,(H,16,17);7H,1-6H2. The summed E-state index contributed by atoms with van der Waals surface area (Å²) in [6.07, 6.45) is 7.66. The maximum Gasteiger partial charge on any atom is 0.158 e. The van der Waals surface area contributed by atoms with Gasteiger partial charge in [-0.3, -0.25) is 4.57 Å². The predicted molar refractivity (Wildman–Crippen MR) is 105 cm³/mol. The van der Waals surface area contributed by atoms with Gasteiger partial charge in [0.05, 0.1) is 11.0 Å². The van der Waals surface area contributed by atoms with Crippen LogP contribution < -0.4 is 5.73 Å². The van der Waals surface area contributed by atoms with E-state index in [1.54, 1.807) is 6.07 Å². The van der Waals surface area contributed by atoms with Gasteiger partial charge in [-0.05, 0) is 55.3 Å². The first-order valence-electron chi connectivity index (χ1n) is 8.99. The van der Waals surface area contributed by atoms with E-state index >= 15 is 0 Å². The Labute approximate surface area is 154 Å². The van der Waals surface area contributed by atoms with Gasteiger partial charge in [0.25, 0.3) is 0 Å². The van der Waals surface area contributed by atoms with Crippen molar-refractivity contribution in [3.05, 3.63) is 48.3 Å². The Bertz CT molecular complexity index is 855. The van der Waals surface area contributed by atoms with Crippen molar-refractivity contribution in [2.24, 2.45) is 0 Å². The van der Waals surface area contributed by atoms with Gasteiger partial charge in [0.2, 0.25) is 0 Å². The fourth-order valence-electron chi connectivity index (χ4n) is 3.12. The van der Waals surface area contributed by atoms with Crippen LogP contribution in [0.25, 0.3) is 22.4 Å². The normalized spacial score (nSPS) is 15.4. The molecule has 1 saturated carbocycles. The SMILES string of the molecule is Nc1ccc(-c2nc3ccc(F)cc3[nH]2)cc1.O=PC1CCCCCC1. The van der Waals surface area contributed by atoms with E-state index in [1.165, 1.54) is 50.7 Å². The smallest absolute Gasteiger partial charge is 0.158 e. The summed E-state index contributed by atoms with van der Waals surface area (Å²) in [5, 5.41) is 0. The molecule has 0 atom stereocenters. The van der Waals surface area contributed by atoms with Crippen molar-refractivity contribution in [3.63, 3.8) is 0 Å². The summed E-state index contributed by atoms with van der Waals surface area (Å²) in [7, 11) is 0.381. The molecule has 0 bridgehead atoms. The molecule has 136 valence electrons. The van der Waals surface area contributed by atoms with Gasteiger partial charge < -0.3 is 10.7 Å². The minimum Gasteiger partial charge on any atom is -0.399 e. The molecular weight excluding hydrogens is 348 g/mol. The Morgan fingerprint density at radius 1 is 1.04 bits per heavy atom. The quantitative estimate of drug-likeness (QED) is 0.332. The number of H-pyrrole nitrogens is 1. The fourth-order valence-corrected chi connectivity index (χ4v) is 3.70. The summed E-state index contributed by atoms with van der Waals surface area (Å²) in [5.74, 6) is 0.440. The maximum absolute atomic E-state index is 13.0. The van der Waals surface area contributed by atoms with Crippen molar-refractivity contribution in [2.75, 3.05) is 5.73 Å². The van der Waals surface area contributed by atoms with Crippen LogP contribution >= 0.6 is 8.46 Å². The molecule has 26 heavy (non-hydrogen) atoms. The van der Waals surface area contributed by atoms with Gasteiger partial charge in [0, 0.05) is 16.9 Å². The summed E-state index contributed by atoms with van der Waals surface area (Å²) in [6, 6.07) is 11.9. The van der Waals surface area contributed by atoms with E-state index in [0.717, 1.165) is 11.1 Å². The molecule has 1 aliphatic carbocycles. The number of aromatic nitrogens is 2.